The van der Waals surface area contributed by atoms with Gasteiger partial charge in [0.15, 0.2) is 0 Å². The molecule has 0 aliphatic heterocycles. The van der Waals surface area contributed by atoms with Crippen molar-refractivity contribution in [2.75, 3.05) is 0 Å². The highest BCUT2D eigenvalue weighted by atomic mass is 16.4. The summed E-state index contributed by atoms with van der Waals surface area (Å²) in [6.07, 6.45) is 5.56. The summed E-state index contributed by atoms with van der Waals surface area (Å²) in [5, 5.41) is 8.48. The van der Waals surface area contributed by atoms with Crippen LogP contribution in [0, 0.1) is 0 Å². The topological polar surface area (TPSA) is 59.3 Å². The Morgan fingerprint density at radius 3 is 3.00 bits per heavy atom. The average Bonchev–Trinajstić information content (AvgIpc) is 2.69. The Balaban J connectivity index is 2.30. The fourth-order valence-corrected chi connectivity index (χ4v) is 2.09. The van der Waals surface area contributed by atoms with Gasteiger partial charge in [-0.3, -0.25) is 4.79 Å². The molecule has 1 N–H and O–H groups in total. The summed E-state index contributed by atoms with van der Waals surface area (Å²) in [5.41, 5.74) is 2.21. The number of fused-ring (bicyclic) bond motifs is 1. The molecule has 0 radical (unpaired) electrons. The molecular formula is C12H13NO3. The van der Waals surface area contributed by atoms with Gasteiger partial charge in [0, 0.05) is 24.4 Å². The summed E-state index contributed by atoms with van der Waals surface area (Å²) < 4.78 is 1.65. The van der Waals surface area contributed by atoms with Crippen molar-refractivity contribution in [3.8, 4) is 0 Å². The lowest BCUT2D eigenvalue weighted by molar-refractivity contribution is -0.131. The van der Waals surface area contributed by atoms with E-state index in [4.69, 9.17) is 5.11 Å². The summed E-state index contributed by atoms with van der Waals surface area (Å²) in [6.45, 7) is 0.342. The predicted molar refractivity (Wildman–Crippen MR) is 59.5 cm³/mol. The first-order valence-electron chi connectivity index (χ1n) is 5.29. The molecule has 0 aromatic carbocycles. The Labute approximate surface area is 92.8 Å². The van der Waals surface area contributed by atoms with Crippen molar-refractivity contribution < 1.29 is 9.90 Å². The molecular weight excluding hydrogens is 206 g/mol. The van der Waals surface area contributed by atoms with E-state index in [1.54, 1.807) is 10.6 Å². The van der Waals surface area contributed by atoms with Crippen LogP contribution in [0.1, 0.15) is 17.7 Å². The zero-order chi connectivity index (χ0) is 11.5. The maximum Gasteiger partial charge on any atom is 0.328 e. The van der Waals surface area contributed by atoms with E-state index >= 15 is 0 Å². The van der Waals surface area contributed by atoms with E-state index in [2.05, 4.69) is 0 Å². The Bertz CT molecular complexity index is 499. The van der Waals surface area contributed by atoms with Crippen LogP contribution in [0.2, 0.25) is 0 Å². The number of pyridine rings is 1. The summed E-state index contributed by atoms with van der Waals surface area (Å²) in [5.74, 6) is -0.986. The lowest BCUT2D eigenvalue weighted by atomic mass is 10.2. The van der Waals surface area contributed by atoms with Crippen LogP contribution < -0.4 is 5.56 Å². The van der Waals surface area contributed by atoms with E-state index in [0.29, 0.717) is 6.54 Å². The third-order valence-electron chi connectivity index (χ3n) is 2.80. The van der Waals surface area contributed by atoms with Gasteiger partial charge in [-0.15, -0.1) is 0 Å². The van der Waals surface area contributed by atoms with Crippen LogP contribution in [0.25, 0.3) is 0 Å². The number of aliphatic carboxylic acids is 1. The maximum atomic E-state index is 11.6. The number of carboxylic acids is 1. The Kier molecular flexibility index (Phi) is 2.90. The van der Waals surface area contributed by atoms with E-state index in [9.17, 15) is 9.59 Å². The molecule has 0 saturated carbocycles. The van der Waals surface area contributed by atoms with Crippen molar-refractivity contribution in [3.63, 3.8) is 0 Å². The molecule has 0 spiro atoms. The number of aryl methyl sites for hydroxylation is 1. The lowest BCUT2D eigenvalue weighted by Gasteiger charge is -2.08. The average molecular weight is 219 g/mol. The predicted octanol–water partition coefficient (Wildman–Crippen LogP) is 0.978. The SMILES string of the molecule is O=C(O)/C=C/Cn1c2c(ccc1=O)CCC2. The zero-order valence-electron chi connectivity index (χ0n) is 8.85. The van der Waals surface area contributed by atoms with E-state index in [0.717, 1.165) is 31.0 Å². The first-order valence-corrected chi connectivity index (χ1v) is 5.29. The van der Waals surface area contributed by atoms with Gasteiger partial charge in [0.25, 0.3) is 5.56 Å². The van der Waals surface area contributed by atoms with E-state index in [-0.39, 0.29) is 5.56 Å². The molecule has 84 valence electrons. The second kappa shape index (κ2) is 4.35. The normalized spacial score (nSPS) is 14.2. The van der Waals surface area contributed by atoms with Gasteiger partial charge in [-0.25, -0.2) is 4.79 Å². The first-order chi connectivity index (χ1) is 7.68. The standard InChI is InChI=1S/C12H13NO3/c14-11-7-6-9-3-1-4-10(9)13(11)8-2-5-12(15)16/h2,5-7H,1,3-4,8H2,(H,15,16)/b5-2+. The van der Waals surface area contributed by atoms with Gasteiger partial charge < -0.3 is 9.67 Å². The summed E-state index contributed by atoms with van der Waals surface area (Å²) in [7, 11) is 0. The molecule has 1 aliphatic rings. The molecule has 1 aliphatic carbocycles. The smallest absolute Gasteiger partial charge is 0.328 e. The van der Waals surface area contributed by atoms with Gasteiger partial charge in [0.1, 0.15) is 0 Å². The molecule has 0 atom stereocenters. The van der Waals surface area contributed by atoms with Crippen molar-refractivity contribution in [2.24, 2.45) is 0 Å². The number of rotatable bonds is 3. The fraction of sp³-hybridized carbons (Fsp3) is 0.333. The van der Waals surface area contributed by atoms with Crippen LogP contribution in [-0.2, 0) is 24.2 Å². The number of nitrogens with zero attached hydrogens (tertiary/aromatic N) is 1. The Morgan fingerprint density at radius 1 is 1.44 bits per heavy atom. The molecule has 0 bridgehead atoms. The van der Waals surface area contributed by atoms with Crippen molar-refractivity contribution in [3.05, 3.63) is 45.9 Å². The number of hydrogen-bond acceptors (Lipinski definition) is 2. The molecule has 1 aromatic rings. The highest BCUT2D eigenvalue weighted by Gasteiger charge is 2.14. The van der Waals surface area contributed by atoms with Crippen LogP contribution >= 0.6 is 0 Å². The van der Waals surface area contributed by atoms with Crippen molar-refractivity contribution >= 4 is 5.97 Å². The second-order valence-corrected chi connectivity index (χ2v) is 3.85. The molecule has 0 amide bonds. The minimum absolute atomic E-state index is 0.0595. The first kappa shape index (κ1) is 10.7. The van der Waals surface area contributed by atoms with Gasteiger partial charge >= 0.3 is 5.97 Å². The van der Waals surface area contributed by atoms with Crippen molar-refractivity contribution in [1.29, 1.82) is 0 Å². The second-order valence-electron chi connectivity index (χ2n) is 3.85. The zero-order valence-corrected chi connectivity index (χ0v) is 8.85. The summed E-state index contributed by atoms with van der Waals surface area (Å²) in [4.78, 5) is 22.0. The number of carboxylic acid groups (broad SMARTS) is 1. The largest absolute Gasteiger partial charge is 0.478 e. The highest BCUT2D eigenvalue weighted by Crippen LogP contribution is 2.19. The van der Waals surface area contributed by atoms with Gasteiger partial charge in [-0.1, -0.05) is 12.1 Å². The number of hydrogen-bond donors (Lipinski definition) is 1. The fourth-order valence-electron chi connectivity index (χ4n) is 2.09. The minimum Gasteiger partial charge on any atom is -0.478 e. The van der Waals surface area contributed by atoms with Gasteiger partial charge in [0.05, 0.1) is 0 Å². The van der Waals surface area contributed by atoms with Gasteiger partial charge in [-0.2, -0.15) is 0 Å². The van der Waals surface area contributed by atoms with Crippen LogP contribution in [0.4, 0.5) is 0 Å². The van der Waals surface area contributed by atoms with Crippen LogP contribution in [0.5, 0.6) is 0 Å². The number of allylic oxidation sites excluding steroid dienone is 1. The molecule has 0 unspecified atom stereocenters. The molecule has 1 heterocycles. The minimum atomic E-state index is -0.986. The van der Waals surface area contributed by atoms with Gasteiger partial charge in [-0.05, 0) is 24.8 Å². The third-order valence-corrected chi connectivity index (χ3v) is 2.80. The molecule has 1 aromatic heterocycles. The molecule has 4 heteroatoms. The molecule has 4 nitrogen and oxygen atoms in total. The molecule has 2 rings (SSSR count). The van der Waals surface area contributed by atoms with Crippen LogP contribution in [0.3, 0.4) is 0 Å². The molecule has 0 fully saturated rings. The van der Waals surface area contributed by atoms with E-state index in [1.165, 1.54) is 11.6 Å². The monoisotopic (exact) mass is 219 g/mol. The highest BCUT2D eigenvalue weighted by molar-refractivity contribution is 5.79. The van der Waals surface area contributed by atoms with Gasteiger partial charge in [0.2, 0.25) is 0 Å². The molecule has 0 saturated heterocycles. The van der Waals surface area contributed by atoms with E-state index in [1.807, 2.05) is 6.07 Å². The van der Waals surface area contributed by atoms with Crippen molar-refractivity contribution in [2.45, 2.75) is 25.8 Å². The lowest BCUT2D eigenvalue weighted by Crippen LogP contribution is -2.22. The van der Waals surface area contributed by atoms with E-state index < -0.39 is 5.97 Å². The quantitative estimate of drug-likeness (QED) is 0.771. The van der Waals surface area contributed by atoms with Crippen LogP contribution in [0.15, 0.2) is 29.1 Å². The third kappa shape index (κ3) is 2.05. The Morgan fingerprint density at radius 2 is 2.25 bits per heavy atom. The maximum absolute atomic E-state index is 11.6. The Hall–Kier alpha value is -1.84. The number of aromatic nitrogens is 1. The molecule has 16 heavy (non-hydrogen) atoms. The summed E-state index contributed by atoms with van der Waals surface area (Å²) >= 11 is 0. The summed E-state index contributed by atoms with van der Waals surface area (Å²) in [6, 6.07) is 3.43. The van der Waals surface area contributed by atoms with Crippen molar-refractivity contribution in [1.82, 2.24) is 4.57 Å². The number of carbonyl (C=O) groups is 1. The van der Waals surface area contributed by atoms with Crippen LogP contribution in [-0.4, -0.2) is 15.6 Å².